The maximum atomic E-state index is 11.8. The molecule has 2 heterocycles. The van der Waals surface area contributed by atoms with Crippen molar-refractivity contribution in [1.29, 1.82) is 0 Å². The number of nitrogens with two attached hydrogens (primary N) is 1. The normalized spacial score (nSPS) is 14.9. The van der Waals surface area contributed by atoms with Gasteiger partial charge in [-0.05, 0) is 44.1 Å². The summed E-state index contributed by atoms with van der Waals surface area (Å²) in [4.78, 5) is 28.0. The number of aromatic nitrogens is 2. The van der Waals surface area contributed by atoms with Crippen LogP contribution >= 0.6 is 0 Å². The Hall–Kier alpha value is -3.12. The molecule has 1 aliphatic heterocycles. The lowest BCUT2D eigenvalue weighted by atomic mass is 10.1. The first kappa shape index (κ1) is 17.3. The molecule has 0 unspecified atom stereocenters. The molecule has 27 heavy (non-hydrogen) atoms. The monoisotopic (exact) mass is 359 g/mol. The molecule has 2 aromatic carbocycles. The van der Waals surface area contributed by atoms with E-state index in [2.05, 4.69) is 27.0 Å². The molecule has 0 saturated carbocycles. The molecule has 3 aromatic rings. The van der Waals surface area contributed by atoms with Crippen LogP contribution in [0.1, 0.15) is 28.2 Å². The van der Waals surface area contributed by atoms with Crippen molar-refractivity contribution in [2.75, 3.05) is 19.6 Å². The van der Waals surface area contributed by atoms with E-state index in [1.807, 2.05) is 24.3 Å². The number of primary amides is 1. The van der Waals surface area contributed by atoms with Crippen molar-refractivity contribution in [3.8, 4) is 0 Å². The molecule has 2 N–H and O–H groups in total. The van der Waals surface area contributed by atoms with Crippen LogP contribution < -0.4 is 5.73 Å². The number of benzene rings is 2. The second-order valence-corrected chi connectivity index (χ2v) is 6.71. The summed E-state index contributed by atoms with van der Waals surface area (Å²) in [6, 6.07) is 15.5. The molecular weight excluding hydrogens is 338 g/mol. The third-order valence-electron chi connectivity index (χ3n) is 4.75. The average molecular weight is 359 g/mol. The standard InChI is InChI=1S/C21H21N5O/c1-14-23-19-16(20(22)27)9-5-10-17(19)21(24-14)25-18(13-26-11-6-12-26)15-7-3-2-4-8-15/h2-5,7-10H,6,11-13H2,1H3,(H2,22,27). The van der Waals surface area contributed by atoms with Crippen LogP contribution in [0.5, 0.6) is 0 Å². The number of likely N-dealkylation sites (tertiary alicyclic amines) is 1. The van der Waals surface area contributed by atoms with E-state index >= 15 is 0 Å². The van der Waals surface area contributed by atoms with Crippen LogP contribution in [0, 0.1) is 6.92 Å². The Morgan fingerprint density at radius 3 is 2.56 bits per heavy atom. The highest BCUT2D eigenvalue weighted by Gasteiger charge is 2.18. The van der Waals surface area contributed by atoms with Crippen molar-refractivity contribution >= 4 is 28.3 Å². The minimum atomic E-state index is -0.502. The predicted molar refractivity (Wildman–Crippen MR) is 106 cm³/mol. The lowest BCUT2D eigenvalue weighted by molar-refractivity contribution is 0.100. The molecule has 1 saturated heterocycles. The number of rotatable bonds is 5. The van der Waals surface area contributed by atoms with Gasteiger partial charge in [0, 0.05) is 11.9 Å². The lowest BCUT2D eigenvalue weighted by Gasteiger charge is -2.31. The minimum absolute atomic E-state index is 0.387. The van der Waals surface area contributed by atoms with Crippen LogP contribution in [0.25, 0.3) is 10.9 Å². The van der Waals surface area contributed by atoms with Gasteiger partial charge in [-0.3, -0.25) is 9.69 Å². The van der Waals surface area contributed by atoms with E-state index in [9.17, 15) is 4.79 Å². The van der Waals surface area contributed by atoms with E-state index in [0.717, 1.165) is 36.3 Å². The lowest BCUT2D eigenvalue weighted by Crippen LogP contribution is -2.40. The zero-order valence-electron chi connectivity index (χ0n) is 15.2. The zero-order chi connectivity index (χ0) is 18.8. The smallest absolute Gasteiger partial charge is 0.250 e. The first-order valence-corrected chi connectivity index (χ1v) is 9.04. The molecule has 0 radical (unpaired) electrons. The number of aryl methyl sites for hydroxylation is 1. The molecule has 1 fully saturated rings. The van der Waals surface area contributed by atoms with Gasteiger partial charge in [-0.2, -0.15) is 0 Å². The van der Waals surface area contributed by atoms with Gasteiger partial charge in [0.05, 0.1) is 16.8 Å². The topological polar surface area (TPSA) is 84.5 Å². The molecule has 6 nitrogen and oxygen atoms in total. The summed E-state index contributed by atoms with van der Waals surface area (Å²) in [5.41, 5.74) is 8.49. The number of aliphatic imine (C=N–C) groups is 1. The van der Waals surface area contributed by atoms with Gasteiger partial charge >= 0.3 is 0 Å². The summed E-state index contributed by atoms with van der Waals surface area (Å²) in [5, 5.41) is 0.731. The second kappa shape index (κ2) is 7.25. The van der Waals surface area contributed by atoms with Crippen LogP contribution in [0.2, 0.25) is 0 Å². The van der Waals surface area contributed by atoms with E-state index in [-0.39, 0.29) is 0 Å². The quantitative estimate of drug-likeness (QED) is 0.710. The van der Waals surface area contributed by atoms with E-state index < -0.39 is 5.91 Å². The van der Waals surface area contributed by atoms with Crippen LogP contribution in [-0.4, -0.2) is 46.1 Å². The van der Waals surface area contributed by atoms with E-state index in [1.165, 1.54) is 6.42 Å². The summed E-state index contributed by atoms with van der Waals surface area (Å²) < 4.78 is 0. The number of hydrogen-bond donors (Lipinski definition) is 1. The number of hydrogen-bond acceptors (Lipinski definition) is 5. The van der Waals surface area contributed by atoms with Gasteiger partial charge in [0.25, 0.3) is 5.91 Å². The molecular formula is C21H21N5O. The SMILES string of the molecule is Cc1nc(N=C(CN2CCC2)c2ccccc2)c2cccc(C(N)=O)c2n1. The van der Waals surface area contributed by atoms with E-state index in [0.29, 0.717) is 22.7 Å². The van der Waals surface area contributed by atoms with Crippen molar-refractivity contribution in [2.24, 2.45) is 10.7 Å². The molecule has 0 aliphatic carbocycles. The van der Waals surface area contributed by atoms with Gasteiger partial charge in [-0.1, -0.05) is 36.4 Å². The van der Waals surface area contributed by atoms with Crippen LogP contribution in [0.15, 0.2) is 53.5 Å². The number of nitrogens with zero attached hydrogens (tertiary/aromatic N) is 4. The second-order valence-electron chi connectivity index (χ2n) is 6.71. The van der Waals surface area contributed by atoms with Crippen molar-refractivity contribution in [3.05, 3.63) is 65.5 Å². The molecule has 1 amide bonds. The van der Waals surface area contributed by atoms with Gasteiger partial charge < -0.3 is 5.73 Å². The predicted octanol–water partition coefficient (Wildman–Crippen LogP) is 2.86. The summed E-state index contributed by atoms with van der Waals surface area (Å²) in [7, 11) is 0. The van der Waals surface area contributed by atoms with Crippen molar-refractivity contribution in [2.45, 2.75) is 13.3 Å². The fourth-order valence-corrected chi connectivity index (χ4v) is 3.23. The number of fused-ring (bicyclic) bond motifs is 1. The zero-order valence-corrected chi connectivity index (χ0v) is 15.2. The van der Waals surface area contributed by atoms with Gasteiger partial charge in [0.2, 0.25) is 0 Å². The van der Waals surface area contributed by atoms with E-state index in [4.69, 9.17) is 10.7 Å². The summed E-state index contributed by atoms with van der Waals surface area (Å²) in [5.74, 6) is 0.629. The summed E-state index contributed by atoms with van der Waals surface area (Å²) in [6.07, 6.45) is 1.22. The van der Waals surface area contributed by atoms with Gasteiger partial charge in [0.1, 0.15) is 5.82 Å². The fraction of sp³-hybridized carbons (Fsp3) is 0.238. The van der Waals surface area contributed by atoms with Gasteiger partial charge in [-0.25, -0.2) is 15.0 Å². The van der Waals surface area contributed by atoms with Crippen LogP contribution in [-0.2, 0) is 0 Å². The van der Waals surface area contributed by atoms with Crippen molar-refractivity contribution in [1.82, 2.24) is 14.9 Å². The largest absolute Gasteiger partial charge is 0.366 e. The third-order valence-corrected chi connectivity index (χ3v) is 4.75. The van der Waals surface area contributed by atoms with Gasteiger partial charge in [0.15, 0.2) is 5.82 Å². The molecule has 136 valence electrons. The molecule has 0 atom stereocenters. The maximum absolute atomic E-state index is 11.8. The summed E-state index contributed by atoms with van der Waals surface area (Å²) >= 11 is 0. The average Bonchev–Trinajstić information content (AvgIpc) is 2.63. The van der Waals surface area contributed by atoms with Crippen LogP contribution in [0.3, 0.4) is 0 Å². The fourth-order valence-electron chi connectivity index (χ4n) is 3.23. The number of carbonyl (C=O) groups excluding carboxylic acids is 1. The highest BCUT2D eigenvalue weighted by molar-refractivity contribution is 6.09. The summed E-state index contributed by atoms with van der Waals surface area (Å²) in [6.45, 7) is 4.74. The minimum Gasteiger partial charge on any atom is -0.366 e. The molecule has 4 rings (SSSR count). The Kier molecular flexibility index (Phi) is 4.64. The highest BCUT2D eigenvalue weighted by atomic mass is 16.1. The first-order valence-electron chi connectivity index (χ1n) is 9.04. The molecule has 1 aliphatic rings. The number of amides is 1. The Morgan fingerprint density at radius 2 is 1.89 bits per heavy atom. The number of para-hydroxylation sites is 1. The Labute approximate surface area is 157 Å². The molecule has 0 spiro atoms. The Balaban J connectivity index is 1.88. The molecule has 6 heteroatoms. The van der Waals surface area contributed by atoms with Crippen molar-refractivity contribution in [3.63, 3.8) is 0 Å². The highest BCUT2D eigenvalue weighted by Crippen LogP contribution is 2.26. The van der Waals surface area contributed by atoms with Crippen LogP contribution in [0.4, 0.5) is 5.82 Å². The Morgan fingerprint density at radius 1 is 1.11 bits per heavy atom. The van der Waals surface area contributed by atoms with Crippen molar-refractivity contribution < 1.29 is 4.79 Å². The van der Waals surface area contributed by atoms with E-state index in [1.54, 1.807) is 19.1 Å². The first-order chi connectivity index (χ1) is 13.1. The maximum Gasteiger partial charge on any atom is 0.250 e. The number of carbonyl (C=O) groups is 1. The Bertz CT molecular complexity index is 1030. The molecule has 0 bridgehead atoms. The van der Waals surface area contributed by atoms with Gasteiger partial charge in [-0.15, -0.1) is 0 Å². The third kappa shape index (κ3) is 3.57. The molecule has 1 aromatic heterocycles.